The van der Waals surface area contributed by atoms with E-state index in [1.165, 1.54) is 11.1 Å². The highest BCUT2D eigenvalue weighted by atomic mass is 32.1. The van der Waals surface area contributed by atoms with Crippen LogP contribution in [0.25, 0.3) is 0 Å². The number of aromatic nitrogens is 2. The lowest BCUT2D eigenvalue weighted by Gasteiger charge is -2.30. The van der Waals surface area contributed by atoms with Gasteiger partial charge in [-0.05, 0) is 36.7 Å². The van der Waals surface area contributed by atoms with E-state index < -0.39 is 0 Å². The number of rotatable bonds is 5. The van der Waals surface area contributed by atoms with Gasteiger partial charge < -0.3 is 20.3 Å². The first-order chi connectivity index (χ1) is 12.2. The van der Waals surface area contributed by atoms with Crippen LogP contribution in [0.4, 0.5) is 11.8 Å². The zero-order valence-electron chi connectivity index (χ0n) is 14.6. The van der Waals surface area contributed by atoms with Crippen molar-refractivity contribution in [2.24, 2.45) is 0 Å². The van der Waals surface area contributed by atoms with Gasteiger partial charge in [-0.15, -0.1) is 0 Å². The van der Waals surface area contributed by atoms with E-state index in [9.17, 15) is 0 Å². The van der Waals surface area contributed by atoms with Crippen LogP contribution >= 0.6 is 12.2 Å². The van der Waals surface area contributed by atoms with Gasteiger partial charge in [0.15, 0.2) is 5.11 Å². The van der Waals surface area contributed by atoms with Crippen LogP contribution in [-0.4, -0.2) is 41.9 Å². The molecule has 0 bridgehead atoms. The number of nitrogens with zero attached hydrogens (tertiary/aromatic N) is 3. The maximum atomic E-state index is 5.27. The standard InChI is InChI=1S/C18H23N5OS/c1-13-11-16(21-17(20-13)22-18(25)19-8-10-24-2)23-9-7-14-5-3-4-6-15(14)12-23/h3-6,11H,7-10,12H2,1-2H3,(H2,19,20,21,22,25). The van der Waals surface area contributed by atoms with Crippen molar-refractivity contribution in [2.75, 3.05) is 37.0 Å². The second-order valence-corrected chi connectivity index (χ2v) is 6.41. The van der Waals surface area contributed by atoms with E-state index in [0.29, 0.717) is 24.2 Å². The largest absolute Gasteiger partial charge is 0.383 e. The fourth-order valence-electron chi connectivity index (χ4n) is 2.87. The number of thiocarbonyl (C=S) groups is 1. The molecular weight excluding hydrogens is 334 g/mol. The number of ether oxygens (including phenoxy) is 1. The monoisotopic (exact) mass is 357 g/mol. The molecule has 7 heteroatoms. The minimum Gasteiger partial charge on any atom is -0.383 e. The molecule has 0 radical (unpaired) electrons. The van der Waals surface area contributed by atoms with Crippen LogP contribution < -0.4 is 15.5 Å². The van der Waals surface area contributed by atoms with Gasteiger partial charge in [0.2, 0.25) is 5.95 Å². The Bertz CT molecular complexity index is 752. The van der Waals surface area contributed by atoms with E-state index in [1.54, 1.807) is 7.11 Å². The number of nitrogens with one attached hydrogen (secondary N) is 2. The summed E-state index contributed by atoms with van der Waals surface area (Å²) in [4.78, 5) is 11.4. The summed E-state index contributed by atoms with van der Waals surface area (Å²) in [7, 11) is 1.66. The van der Waals surface area contributed by atoms with Gasteiger partial charge in [-0.3, -0.25) is 0 Å². The molecule has 0 atom stereocenters. The number of methoxy groups -OCH3 is 1. The molecule has 2 aromatic rings. The number of benzene rings is 1. The quantitative estimate of drug-likeness (QED) is 0.629. The van der Waals surface area contributed by atoms with Gasteiger partial charge in [0, 0.05) is 38.5 Å². The van der Waals surface area contributed by atoms with Crippen molar-refractivity contribution in [1.29, 1.82) is 0 Å². The maximum Gasteiger partial charge on any atom is 0.231 e. The normalized spacial score (nSPS) is 13.3. The van der Waals surface area contributed by atoms with E-state index in [4.69, 9.17) is 17.0 Å². The van der Waals surface area contributed by atoms with Crippen LogP contribution in [0.5, 0.6) is 0 Å². The highest BCUT2D eigenvalue weighted by Crippen LogP contribution is 2.24. The van der Waals surface area contributed by atoms with Crippen molar-refractivity contribution in [3.05, 3.63) is 47.2 Å². The molecule has 6 nitrogen and oxygen atoms in total. The fourth-order valence-corrected chi connectivity index (χ4v) is 3.07. The minimum absolute atomic E-state index is 0.498. The van der Waals surface area contributed by atoms with Gasteiger partial charge in [0.1, 0.15) is 5.82 Å². The smallest absolute Gasteiger partial charge is 0.231 e. The van der Waals surface area contributed by atoms with E-state index in [2.05, 4.69) is 49.8 Å². The van der Waals surface area contributed by atoms with Crippen LogP contribution in [0.15, 0.2) is 30.3 Å². The maximum absolute atomic E-state index is 5.27. The number of anilines is 2. The predicted molar refractivity (Wildman–Crippen MR) is 104 cm³/mol. The summed E-state index contributed by atoms with van der Waals surface area (Å²) < 4.78 is 5.00. The van der Waals surface area contributed by atoms with Crippen LogP contribution in [0.2, 0.25) is 0 Å². The molecule has 0 saturated heterocycles. The predicted octanol–water partition coefficient (Wildman–Crippen LogP) is 2.28. The lowest BCUT2D eigenvalue weighted by atomic mass is 10.00. The second-order valence-electron chi connectivity index (χ2n) is 6.01. The van der Waals surface area contributed by atoms with Crippen LogP contribution in [-0.2, 0) is 17.7 Å². The minimum atomic E-state index is 0.498. The summed E-state index contributed by atoms with van der Waals surface area (Å²) in [6, 6.07) is 10.6. The molecule has 1 aromatic heterocycles. The molecule has 1 aliphatic heterocycles. The molecule has 0 aliphatic carbocycles. The molecule has 25 heavy (non-hydrogen) atoms. The van der Waals surface area contributed by atoms with E-state index in [0.717, 1.165) is 31.0 Å². The fraction of sp³-hybridized carbons (Fsp3) is 0.389. The molecule has 1 aliphatic rings. The Kier molecular flexibility index (Phi) is 5.78. The zero-order chi connectivity index (χ0) is 17.6. The van der Waals surface area contributed by atoms with Crippen molar-refractivity contribution in [1.82, 2.24) is 15.3 Å². The first-order valence-corrected chi connectivity index (χ1v) is 8.78. The molecule has 2 N–H and O–H groups in total. The lowest BCUT2D eigenvalue weighted by Crippen LogP contribution is -2.33. The second kappa shape index (κ2) is 8.22. The Balaban J connectivity index is 1.71. The molecule has 132 valence electrons. The third kappa shape index (κ3) is 4.64. The first kappa shape index (κ1) is 17.6. The van der Waals surface area contributed by atoms with Gasteiger partial charge in [-0.25, -0.2) is 4.98 Å². The van der Waals surface area contributed by atoms with Gasteiger partial charge in [0.05, 0.1) is 6.61 Å². The van der Waals surface area contributed by atoms with E-state index in [1.807, 2.05) is 13.0 Å². The van der Waals surface area contributed by atoms with Crippen LogP contribution in [0.3, 0.4) is 0 Å². The summed E-state index contributed by atoms with van der Waals surface area (Å²) in [6.07, 6.45) is 1.03. The highest BCUT2D eigenvalue weighted by Gasteiger charge is 2.18. The zero-order valence-corrected chi connectivity index (χ0v) is 15.4. The van der Waals surface area contributed by atoms with Crippen molar-refractivity contribution in [2.45, 2.75) is 19.9 Å². The summed E-state index contributed by atoms with van der Waals surface area (Å²) in [5, 5.41) is 6.62. The van der Waals surface area contributed by atoms with Crippen LogP contribution in [0.1, 0.15) is 16.8 Å². The molecule has 3 rings (SSSR count). The van der Waals surface area contributed by atoms with Gasteiger partial charge in [0.25, 0.3) is 0 Å². The van der Waals surface area contributed by atoms with Crippen molar-refractivity contribution < 1.29 is 4.74 Å². The lowest BCUT2D eigenvalue weighted by molar-refractivity contribution is 0.204. The molecular formula is C18H23N5OS. The Morgan fingerprint density at radius 2 is 2.08 bits per heavy atom. The van der Waals surface area contributed by atoms with Gasteiger partial charge in [-0.2, -0.15) is 4.98 Å². The first-order valence-electron chi connectivity index (χ1n) is 8.37. The highest BCUT2D eigenvalue weighted by molar-refractivity contribution is 7.80. The van der Waals surface area contributed by atoms with Crippen molar-refractivity contribution in [3.8, 4) is 0 Å². The number of fused-ring (bicyclic) bond motifs is 1. The van der Waals surface area contributed by atoms with E-state index >= 15 is 0 Å². The molecule has 1 aromatic carbocycles. The Hall–Kier alpha value is -2.25. The molecule has 2 heterocycles. The Morgan fingerprint density at radius 3 is 2.88 bits per heavy atom. The van der Waals surface area contributed by atoms with E-state index in [-0.39, 0.29) is 0 Å². The number of aryl methyl sites for hydroxylation is 1. The van der Waals surface area contributed by atoms with Crippen molar-refractivity contribution in [3.63, 3.8) is 0 Å². The van der Waals surface area contributed by atoms with Gasteiger partial charge >= 0.3 is 0 Å². The molecule has 0 fully saturated rings. The third-order valence-corrected chi connectivity index (χ3v) is 4.36. The third-order valence-electron chi connectivity index (χ3n) is 4.11. The summed E-state index contributed by atoms with van der Waals surface area (Å²) in [5.41, 5.74) is 3.69. The molecule has 0 saturated carbocycles. The SMILES string of the molecule is COCCNC(=S)Nc1nc(C)cc(N2CCc3ccccc3C2)n1. The summed E-state index contributed by atoms with van der Waals surface area (Å²) in [5.74, 6) is 1.44. The Morgan fingerprint density at radius 1 is 1.28 bits per heavy atom. The number of hydrogen-bond donors (Lipinski definition) is 2. The summed E-state index contributed by atoms with van der Waals surface area (Å²) >= 11 is 5.27. The van der Waals surface area contributed by atoms with Crippen molar-refractivity contribution >= 4 is 29.1 Å². The number of hydrogen-bond acceptors (Lipinski definition) is 5. The average molecular weight is 357 g/mol. The molecule has 0 amide bonds. The average Bonchev–Trinajstić information content (AvgIpc) is 2.61. The van der Waals surface area contributed by atoms with Gasteiger partial charge in [-0.1, -0.05) is 24.3 Å². The molecule has 0 unspecified atom stereocenters. The molecule has 0 spiro atoms. The topological polar surface area (TPSA) is 62.3 Å². The summed E-state index contributed by atoms with van der Waals surface area (Å²) in [6.45, 7) is 5.01. The van der Waals surface area contributed by atoms with Crippen LogP contribution in [0, 0.1) is 6.92 Å². The Labute approximate surface area is 153 Å².